The predicted molar refractivity (Wildman–Crippen MR) is 126 cm³/mol. The zero-order valence-corrected chi connectivity index (χ0v) is 19.9. The Labute approximate surface area is 202 Å². The number of benzene rings is 2. The van der Waals surface area contributed by atoms with Gasteiger partial charge in [-0.05, 0) is 63.3 Å². The highest BCUT2D eigenvalue weighted by Gasteiger charge is 2.52. The Morgan fingerprint density at radius 3 is 2.50 bits per heavy atom. The lowest BCUT2D eigenvalue weighted by atomic mass is 9.80. The number of ether oxygens (including phenoxy) is 1. The lowest BCUT2D eigenvalue weighted by Crippen LogP contribution is -2.56. The van der Waals surface area contributed by atoms with Gasteiger partial charge in [-0.15, -0.1) is 0 Å². The molecule has 1 heterocycles. The SMILES string of the molecule is CC(C)(C)OC(=O)N1C[C@@H](CO)[C@](NC(=S)NC(=O)c2ccccc2)(c2cc(F)ccc2F)C1. The van der Waals surface area contributed by atoms with Crippen molar-refractivity contribution in [3.8, 4) is 0 Å². The van der Waals surface area contributed by atoms with Crippen LogP contribution in [0.25, 0.3) is 0 Å². The van der Waals surface area contributed by atoms with Gasteiger partial charge in [0.2, 0.25) is 0 Å². The summed E-state index contributed by atoms with van der Waals surface area (Å²) in [4.78, 5) is 26.6. The first-order valence-corrected chi connectivity index (χ1v) is 11.1. The molecule has 0 spiro atoms. The number of hydrogen-bond acceptors (Lipinski definition) is 5. The van der Waals surface area contributed by atoms with E-state index in [2.05, 4.69) is 10.6 Å². The number of thiocarbonyl (C=S) groups is 1. The van der Waals surface area contributed by atoms with Crippen LogP contribution in [-0.2, 0) is 10.3 Å². The maximum absolute atomic E-state index is 15.0. The molecule has 2 atom stereocenters. The van der Waals surface area contributed by atoms with Gasteiger partial charge < -0.3 is 20.1 Å². The molecule has 10 heteroatoms. The second-order valence-corrected chi connectivity index (χ2v) is 9.52. The number of hydrogen-bond donors (Lipinski definition) is 3. The standard InChI is InChI=1S/C24H27F2N3O4S/c1-23(2,3)33-22(32)29-12-16(13-30)24(14-29,18-11-17(25)9-10-19(18)26)28-21(34)27-20(31)15-7-5-4-6-8-15/h4-11,16,30H,12-14H2,1-3H3,(H2,27,28,31,34)/t16-,24-/m0/s1. The number of halogens is 2. The molecule has 2 amide bonds. The number of aliphatic hydroxyl groups excluding tert-OH is 1. The third-order valence-corrected chi connectivity index (χ3v) is 5.66. The third kappa shape index (κ3) is 5.68. The maximum Gasteiger partial charge on any atom is 0.410 e. The van der Waals surface area contributed by atoms with Crippen molar-refractivity contribution in [1.29, 1.82) is 0 Å². The maximum atomic E-state index is 15.0. The quantitative estimate of drug-likeness (QED) is 0.569. The van der Waals surface area contributed by atoms with E-state index in [-0.39, 0.29) is 23.8 Å². The normalized spacial score (nSPS) is 20.1. The average molecular weight is 492 g/mol. The van der Waals surface area contributed by atoms with Gasteiger partial charge in [-0.3, -0.25) is 10.1 Å². The van der Waals surface area contributed by atoms with E-state index < -0.39 is 47.3 Å². The van der Waals surface area contributed by atoms with Crippen LogP contribution in [0.4, 0.5) is 13.6 Å². The summed E-state index contributed by atoms with van der Waals surface area (Å²) in [6.07, 6.45) is -0.675. The largest absolute Gasteiger partial charge is 0.444 e. The molecular weight excluding hydrogens is 464 g/mol. The van der Waals surface area contributed by atoms with Crippen molar-refractivity contribution < 1.29 is 28.2 Å². The molecule has 0 aromatic heterocycles. The fourth-order valence-electron chi connectivity index (χ4n) is 3.95. The number of nitrogens with one attached hydrogen (secondary N) is 2. The van der Waals surface area contributed by atoms with Crippen LogP contribution in [0.1, 0.15) is 36.7 Å². The van der Waals surface area contributed by atoms with E-state index in [4.69, 9.17) is 17.0 Å². The van der Waals surface area contributed by atoms with Crippen LogP contribution in [0.3, 0.4) is 0 Å². The Morgan fingerprint density at radius 2 is 1.88 bits per heavy atom. The minimum Gasteiger partial charge on any atom is -0.444 e. The van der Waals surface area contributed by atoms with Crippen molar-refractivity contribution in [2.24, 2.45) is 5.92 Å². The summed E-state index contributed by atoms with van der Waals surface area (Å²) >= 11 is 5.33. The Hall–Kier alpha value is -3.11. The molecule has 0 radical (unpaired) electrons. The van der Waals surface area contributed by atoms with Gasteiger partial charge in [0.15, 0.2) is 5.11 Å². The topological polar surface area (TPSA) is 90.9 Å². The molecule has 7 nitrogen and oxygen atoms in total. The van der Waals surface area contributed by atoms with Crippen LogP contribution in [0, 0.1) is 17.6 Å². The fourth-order valence-corrected chi connectivity index (χ4v) is 4.22. The van der Waals surface area contributed by atoms with Gasteiger partial charge in [-0.25, -0.2) is 13.6 Å². The molecule has 2 aromatic carbocycles. The Morgan fingerprint density at radius 1 is 1.21 bits per heavy atom. The van der Waals surface area contributed by atoms with Crippen molar-refractivity contribution in [3.05, 3.63) is 71.3 Å². The van der Waals surface area contributed by atoms with Crippen molar-refractivity contribution in [3.63, 3.8) is 0 Å². The van der Waals surface area contributed by atoms with Crippen LogP contribution in [0.15, 0.2) is 48.5 Å². The number of rotatable bonds is 4. The highest BCUT2D eigenvalue weighted by molar-refractivity contribution is 7.80. The predicted octanol–water partition coefficient (Wildman–Crippen LogP) is 3.32. The summed E-state index contributed by atoms with van der Waals surface area (Å²) in [5.74, 6) is -2.75. The molecule has 2 aromatic rings. The van der Waals surface area contributed by atoms with E-state index in [9.17, 15) is 23.5 Å². The second-order valence-electron chi connectivity index (χ2n) is 9.11. The summed E-state index contributed by atoms with van der Waals surface area (Å²) < 4.78 is 34.6. The van der Waals surface area contributed by atoms with Crippen LogP contribution in [-0.4, -0.2) is 52.4 Å². The first kappa shape index (κ1) is 25.5. The van der Waals surface area contributed by atoms with Crippen molar-refractivity contribution in [1.82, 2.24) is 15.5 Å². The highest BCUT2D eigenvalue weighted by atomic mass is 32.1. The van der Waals surface area contributed by atoms with Crippen molar-refractivity contribution in [2.45, 2.75) is 31.9 Å². The van der Waals surface area contributed by atoms with Gasteiger partial charge in [0.05, 0.1) is 18.7 Å². The zero-order valence-electron chi connectivity index (χ0n) is 19.1. The van der Waals surface area contributed by atoms with E-state index in [1.807, 2.05) is 0 Å². The molecule has 1 aliphatic heterocycles. The van der Waals surface area contributed by atoms with E-state index in [1.54, 1.807) is 51.1 Å². The molecule has 0 saturated carbocycles. The molecular formula is C24H27F2N3O4S. The first-order valence-electron chi connectivity index (χ1n) is 10.7. The number of likely N-dealkylation sites (tertiary alicyclic amines) is 1. The molecule has 182 valence electrons. The van der Waals surface area contributed by atoms with Gasteiger partial charge >= 0.3 is 6.09 Å². The van der Waals surface area contributed by atoms with Crippen LogP contribution < -0.4 is 10.6 Å². The molecule has 1 saturated heterocycles. The Bertz CT molecular complexity index is 1080. The average Bonchev–Trinajstić information content (AvgIpc) is 3.14. The summed E-state index contributed by atoms with van der Waals surface area (Å²) in [5, 5.41) is 15.4. The fraction of sp³-hybridized carbons (Fsp3) is 0.375. The summed E-state index contributed by atoms with van der Waals surface area (Å²) in [6.45, 7) is 4.44. The van der Waals surface area contributed by atoms with E-state index >= 15 is 0 Å². The van der Waals surface area contributed by atoms with Gasteiger partial charge in [0, 0.05) is 23.6 Å². The minimum atomic E-state index is -1.53. The number of carbonyl (C=O) groups excluding carboxylic acids is 2. The zero-order chi connectivity index (χ0) is 25.1. The molecule has 0 unspecified atom stereocenters. The first-order chi connectivity index (χ1) is 15.9. The Balaban J connectivity index is 1.96. The van der Waals surface area contributed by atoms with Crippen LogP contribution in [0.5, 0.6) is 0 Å². The molecule has 0 bridgehead atoms. The molecule has 34 heavy (non-hydrogen) atoms. The third-order valence-electron chi connectivity index (χ3n) is 5.46. The van der Waals surface area contributed by atoms with Gasteiger partial charge in [-0.2, -0.15) is 0 Å². The summed E-state index contributed by atoms with van der Waals surface area (Å²) in [7, 11) is 0. The number of carbonyl (C=O) groups is 2. The lowest BCUT2D eigenvalue weighted by Gasteiger charge is -2.36. The van der Waals surface area contributed by atoms with Gasteiger partial charge in [-0.1, -0.05) is 18.2 Å². The monoisotopic (exact) mass is 491 g/mol. The summed E-state index contributed by atoms with van der Waals surface area (Å²) in [5.41, 5.74) is -2.10. The Kier molecular flexibility index (Phi) is 7.52. The highest BCUT2D eigenvalue weighted by Crippen LogP contribution is 2.39. The van der Waals surface area contributed by atoms with E-state index in [0.717, 1.165) is 18.2 Å². The van der Waals surface area contributed by atoms with Gasteiger partial charge in [0.1, 0.15) is 17.2 Å². The van der Waals surface area contributed by atoms with E-state index in [1.165, 1.54) is 4.90 Å². The van der Waals surface area contributed by atoms with Crippen molar-refractivity contribution in [2.75, 3.05) is 19.7 Å². The lowest BCUT2D eigenvalue weighted by molar-refractivity contribution is 0.0277. The molecule has 3 rings (SSSR count). The van der Waals surface area contributed by atoms with Crippen LogP contribution >= 0.6 is 12.2 Å². The van der Waals surface area contributed by atoms with E-state index in [0.29, 0.717) is 5.56 Å². The number of amides is 2. The second kappa shape index (κ2) is 10.0. The van der Waals surface area contributed by atoms with Crippen LogP contribution in [0.2, 0.25) is 0 Å². The summed E-state index contributed by atoms with van der Waals surface area (Å²) in [6, 6.07) is 11.2. The molecule has 0 aliphatic carbocycles. The smallest absolute Gasteiger partial charge is 0.410 e. The molecule has 1 aliphatic rings. The molecule has 3 N–H and O–H groups in total. The minimum absolute atomic E-state index is 0.0103. The van der Waals surface area contributed by atoms with Gasteiger partial charge in [0.25, 0.3) is 5.91 Å². The number of aliphatic hydroxyl groups is 1. The van der Waals surface area contributed by atoms with Crippen molar-refractivity contribution >= 4 is 29.3 Å². The number of nitrogens with zero attached hydrogens (tertiary/aromatic N) is 1. The molecule has 1 fully saturated rings.